The summed E-state index contributed by atoms with van der Waals surface area (Å²) in [6.45, 7) is 2.06. The van der Waals surface area contributed by atoms with E-state index in [-0.39, 0.29) is 5.38 Å². The number of benzene rings is 1. The number of aromatic nitrogens is 3. The van der Waals surface area contributed by atoms with E-state index in [1.54, 1.807) is 6.33 Å². The van der Waals surface area contributed by atoms with Crippen LogP contribution < -0.4 is 0 Å². The molecule has 4 heteroatoms. The second-order valence-electron chi connectivity index (χ2n) is 4.64. The van der Waals surface area contributed by atoms with Gasteiger partial charge in [0, 0.05) is 12.1 Å². The second-order valence-corrected chi connectivity index (χ2v) is 5.16. The van der Waals surface area contributed by atoms with Gasteiger partial charge in [0.15, 0.2) is 5.65 Å². The first-order valence-corrected chi connectivity index (χ1v) is 6.66. The number of aryl methyl sites for hydroxylation is 1. The fraction of sp³-hybridized carbons (Fsp3) is 0.200. The van der Waals surface area contributed by atoms with Gasteiger partial charge in [0.2, 0.25) is 0 Å². The number of fused-ring (bicyclic) bond motifs is 1. The molecule has 0 saturated carbocycles. The first-order valence-electron chi connectivity index (χ1n) is 6.22. The summed E-state index contributed by atoms with van der Waals surface area (Å²) in [5.41, 5.74) is 4.25. The van der Waals surface area contributed by atoms with E-state index in [9.17, 15) is 0 Å². The van der Waals surface area contributed by atoms with Gasteiger partial charge in [-0.3, -0.25) is 0 Å². The molecule has 0 aliphatic carbocycles. The topological polar surface area (TPSA) is 30.2 Å². The molecule has 0 spiro atoms. The van der Waals surface area contributed by atoms with E-state index in [0.29, 0.717) is 0 Å². The van der Waals surface area contributed by atoms with Crippen molar-refractivity contribution in [3.8, 4) is 0 Å². The third kappa shape index (κ3) is 2.47. The first-order chi connectivity index (χ1) is 9.24. The lowest BCUT2D eigenvalue weighted by Crippen LogP contribution is -2.04. The number of alkyl halides is 1. The zero-order valence-corrected chi connectivity index (χ0v) is 11.4. The SMILES string of the molecule is Cc1cc(CC(Cl)c2ccccc2)n2ncnc2c1. The van der Waals surface area contributed by atoms with Gasteiger partial charge in [0.25, 0.3) is 0 Å². The summed E-state index contributed by atoms with van der Waals surface area (Å²) in [6.07, 6.45) is 2.30. The lowest BCUT2D eigenvalue weighted by molar-refractivity contribution is 0.803. The van der Waals surface area contributed by atoms with Crippen LogP contribution in [0.2, 0.25) is 0 Å². The standard InChI is InChI=1S/C15H14ClN3/c1-11-7-13(19-15(8-11)17-10-18-19)9-14(16)12-5-3-2-4-6-12/h2-8,10,14H,9H2,1H3. The van der Waals surface area contributed by atoms with Crippen LogP contribution in [0.1, 0.15) is 22.2 Å². The molecule has 0 radical (unpaired) electrons. The van der Waals surface area contributed by atoms with Gasteiger partial charge in [-0.05, 0) is 30.2 Å². The lowest BCUT2D eigenvalue weighted by atomic mass is 10.1. The molecule has 0 saturated heterocycles. The van der Waals surface area contributed by atoms with Crippen LogP contribution in [0.3, 0.4) is 0 Å². The summed E-state index contributed by atoms with van der Waals surface area (Å²) in [5, 5.41) is 4.19. The summed E-state index contributed by atoms with van der Waals surface area (Å²) >= 11 is 6.50. The molecule has 1 aromatic carbocycles. The molecule has 3 nitrogen and oxygen atoms in total. The van der Waals surface area contributed by atoms with E-state index in [1.807, 2.05) is 40.9 Å². The Kier molecular flexibility index (Phi) is 3.22. The second kappa shape index (κ2) is 5.02. The van der Waals surface area contributed by atoms with Crippen molar-refractivity contribution in [2.75, 3.05) is 0 Å². The average molecular weight is 272 g/mol. The Morgan fingerprint density at radius 1 is 1.21 bits per heavy atom. The smallest absolute Gasteiger partial charge is 0.155 e. The van der Waals surface area contributed by atoms with E-state index in [0.717, 1.165) is 23.3 Å². The van der Waals surface area contributed by atoms with Gasteiger partial charge in [0.1, 0.15) is 6.33 Å². The zero-order valence-electron chi connectivity index (χ0n) is 10.6. The third-order valence-electron chi connectivity index (χ3n) is 3.15. The van der Waals surface area contributed by atoms with E-state index < -0.39 is 0 Å². The molecule has 3 rings (SSSR count). The highest BCUT2D eigenvalue weighted by molar-refractivity contribution is 6.20. The van der Waals surface area contributed by atoms with Crippen LogP contribution >= 0.6 is 11.6 Å². The predicted octanol–water partition coefficient (Wildman–Crippen LogP) is 3.56. The Morgan fingerprint density at radius 3 is 2.79 bits per heavy atom. The van der Waals surface area contributed by atoms with E-state index >= 15 is 0 Å². The molecule has 0 bridgehead atoms. The highest BCUT2D eigenvalue weighted by Crippen LogP contribution is 2.25. The molecule has 19 heavy (non-hydrogen) atoms. The Balaban J connectivity index is 1.95. The molecule has 1 atom stereocenters. The van der Waals surface area contributed by atoms with Crippen LogP contribution in [0.4, 0.5) is 0 Å². The molecule has 0 aliphatic heterocycles. The third-order valence-corrected chi connectivity index (χ3v) is 3.55. The zero-order chi connectivity index (χ0) is 13.2. The normalized spacial score (nSPS) is 12.7. The van der Waals surface area contributed by atoms with Gasteiger partial charge in [0.05, 0.1) is 5.38 Å². The van der Waals surface area contributed by atoms with Crippen LogP contribution in [-0.2, 0) is 6.42 Å². The van der Waals surface area contributed by atoms with Gasteiger partial charge in [-0.15, -0.1) is 11.6 Å². The summed E-state index contributed by atoms with van der Waals surface area (Å²) in [7, 11) is 0. The summed E-state index contributed by atoms with van der Waals surface area (Å²) in [6, 6.07) is 14.2. The Bertz CT molecular complexity index is 691. The molecule has 2 aromatic heterocycles. The molecule has 0 amide bonds. The van der Waals surface area contributed by atoms with Crippen molar-refractivity contribution in [1.82, 2.24) is 14.6 Å². The Morgan fingerprint density at radius 2 is 2.00 bits per heavy atom. The predicted molar refractivity (Wildman–Crippen MR) is 76.5 cm³/mol. The molecule has 0 aliphatic rings. The molecule has 0 fully saturated rings. The number of pyridine rings is 1. The minimum atomic E-state index is -0.0598. The number of rotatable bonds is 3. The number of nitrogens with zero attached hydrogens (tertiary/aromatic N) is 3. The molecular weight excluding hydrogens is 258 g/mol. The maximum atomic E-state index is 6.50. The van der Waals surface area contributed by atoms with Gasteiger partial charge in [-0.2, -0.15) is 5.10 Å². The molecule has 0 N–H and O–H groups in total. The van der Waals surface area contributed by atoms with Crippen LogP contribution in [0.5, 0.6) is 0 Å². The average Bonchev–Trinajstić information content (AvgIpc) is 2.88. The van der Waals surface area contributed by atoms with Crippen LogP contribution in [-0.4, -0.2) is 14.6 Å². The summed E-state index contributed by atoms with van der Waals surface area (Å²) in [4.78, 5) is 4.23. The number of halogens is 1. The van der Waals surface area contributed by atoms with Gasteiger partial charge in [-0.25, -0.2) is 9.50 Å². The lowest BCUT2D eigenvalue weighted by Gasteiger charge is -2.11. The van der Waals surface area contributed by atoms with Crippen molar-refractivity contribution < 1.29 is 0 Å². The minimum Gasteiger partial charge on any atom is -0.218 e. The monoisotopic (exact) mass is 271 g/mol. The van der Waals surface area contributed by atoms with Crippen molar-refractivity contribution in [3.63, 3.8) is 0 Å². The molecule has 96 valence electrons. The number of hydrogen-bond acceptors (Lipinski definition) is 2. The largest absolute Gasteiger partial charge is 0.218 e. The Labute approximate surface area is 116 Å². The minimum absolute atomic E-state index is 0.0598. The van der Waals surface area contributed by atoms with Crippen molar-refractivity contribution >= 4 is 17.2 Å². The fourth-order valence-corrected chi connectivity index (χ4v) is 2.55. The quantitative estimate of drug-likeness (QED) is 0.682. The van der Waals surface area contributed by atoms with Crippen molar-refractivity contribution in [1.29, 1.82) is 0 Å². The first kappa shape index (κ1) is 12.2. The van der Waals surface area contributed by atoms with Gasteiger partial charge >= 0.3 is 0 Å². The highest BCUT2D eigenvalue weighted by Gasteiger charge is 2.12. The molecule has 2 heterocycles. The Hall–Kier alpha value is -1.87. The maximum absolute atomic E-state index is 6.50. The van der Waals surface area contributed by atoms with Gasteiger partial charge in [-0.1, -0.05) is 30.3 Å². The fourth-order valence-electron chi connectivity index (χ4n) is 2.25. The summed E-state index contributed by atoms with van der Waals surface area (Å²) in [5.74, 6) is 0. The molecule has 3 aromatic rings. The van der Waals surface area contributed by atoms with Crippen molar-refractivity contribution in [3.05, 3.63) is 65.6 Å². The maximum Gasteiger partial charge on any atom is 0.155 e. The number of hydrogen-bond donors (Lipinski definition) is 0. The highest BCUT2D eigenvalue weighted by atomic mass is 35.5. The van der Waals surface area contributed by atoms with Crippen LogP contribution in [0, 0.1) is 6.92 Å². The van der Waals surface area contributed by atoms with Gasteiger partial charge < -0.3 is 0 Å². The van der Waals surface area contributed by atoms with Crippen molar-refractivity contribution in [2.24, 2.45) is 0 Å². The summed E-state index contributed by atoms with van der Waals surface area (Å²) < 4.78 is 1.85. The van der Waals surface area contributed by atoms with E-state index in [2.05, 4.69) is 23.1 Å². The molecular formula is C15H14ClN3. The van der Waals surface area contributed by atoms with E-state index in [1.165, 1.54) is 5.56 Å². The van der Waals surface area contributed by atoms with Crippen molar-refractivity contribution in [2.45, 2.75) is 18.7 Å². The molecule has 1 unspecified atom stereocenters. The van der Waals surface area contributed by atoms with Crippen LogP contribution in [0.25, 0.3) is 5.65 Å². The van der Waals surface area contributed by atoms with E-state index in [4.69, 9.17) is 11.6 Å². The van der Waals surface area contributed by atoms with Crippen LogP contribution in [0.15, 0.2) is 48.8 Å².